The smallest absolute Gasteiger partial charge is 0.168 e. The summed E-state index contributed by atoms with van der Waals surface area (Å²) in [4.78, 5) is 10.7. The number of nitrogens with one attached hydrogen (secondary N) is 1. The summed E-state index contributed by atoms with van der Waals surface area (Å²) < 4.78 is 10.3. The zero-order valence-electron chi connectivity index (χ0n) is 8.40. The lowest BCUT2D eigenvalue weighted by Crippen LogP contribution is -1.89. The minimum Gasteiger partial charge on any atom is -0.497 e. The Morgan fingerprint density at radius 3 is 2.73 bits per heavy atom. The van der Waals surface area contributed by atoms with Crippen molar-refractivity contribution in [2.75, 3.05) is 14.2 Å². The van der Waals surface area contributed by atoms with Crippen LogP contribution in [0.3, 0.4) is 0 Å². The SMILES string of the molecule is COc1cc(OC)c2c(C=O)[nH]nc2c1. The largest absolute Gasteiger partial charge is 0.497 e. The minimum atomic E-state index is 0.407. The monoisotopic (exact) mass is 206 g/mol. The first-order chi connectivity index (χ1) is 7.30. The van der Waals surface area contributed by atoms with Gasteiger partial charge in [0.1, 0.15) is 22.7 Å². The molecular weight excluding hydrogens is 196 g/mol. The van der Waals surface area contributed by atoms with Crippen molar-refractivity contribution in [3.8, 4) is 11.5 Å². The summed E-state index contributed by atoms with van der Waals surface area (Å²) in [6.45, 7) is 0. The molecule has 0 saturated heterocycles. The minimum absolute atomic E-state index is 0.407. The summed E-state index contributed by atoms with van der Waals surface area (Å²) >= 11 is 0. The van der Waals surface area contributed by atoms with E-state index in [2.05, 4.69) is 10.2 Å². The predicted molar refractivity (Wildman–Crippen MR) is 54.6 cm³/mol. The molecule has 0 atom stereocenters. The van der Waals surface area contributed by atoms with Gasteiger partial charge in [-0.1, -0.05) is 0 Å². The molecule has 0 fully saturated rings. The second kappa shape index (κ2) is 3.61. The molecule has 0 unspecified atom stereocenters. The molecule has 1 aromatic heterocycles. The first-order valence-corrected chi connectivity index (χ1v) is 4.35. The first-order valence-electron chi connectivity index (χ1n) is 4.35. The van der Waals surface area contributed by atoms with E-state index >= 15 is 0 Å². The molecule has 0 aliphatic heterocycles. The van der Waals surface area contributed by atoms with E-state index in [0.29, 0.717) is 34.4 Å². The number of H-pyrrole nitrogens is 1. The summed E-state index contributed by atoms with van der Waals surface area (Å²) in [5.41, 5.74) is 1.05. The molecule has 15 heavy (non-hydrogen) atoms. The van der Waals surface area contributed by atoms with Crippen LogP contribution in [0.5, 0.6) is 11.5 Å². The number of hydrogen-bond donors (Lipinski definition) is 1. The summed E-state index contributed by atoms with van der Waals surface area (Å²) in [6.07, 6.45) is 0.713. The number of benzene rings is 1. The standard InChI is InChI=1S/C10H10N2O3/c1-14-6-3-7-10(9(4-6)15-2)8(5-13)12-11-7/h3-5H,1-2H3,(H,11,12). The lowest BCUT2D eigenvalue weighted by atomic mass is 10.2. The predicted octanol–water partition coefficient (Wildman–Crippen LogP) is 1.39. The lowest BCUT2D eigenvalue weighted by molar-refractivity contribution is 0.112. The van der Waals surface area contributed by atoms with E-state index < -0.39 is 0 Å². The van der Waals surface area contributed by atoms with Crippen molar-refractivity contribution < 1.29 is 14.3 Å². The van der Waals surface area contributed by atoms with Gasteiger partial charge in [0.2, 0.25) is 0 Å². The highest BCUT2D eigenvalue weighted by Crippen LogP contribution is 2.31. The van der Waals surface area contributed by atoms with Gasteiger partial charge in [0.15, 0.2) is 6.29 Å². The van der Waals surface area contributed by atoms with E-state index in [0.717, 1.165) is 0 Å². The third kappa shape index (κ3) is 1.41. The third-order valence-corrected chi connectivity index (χ3v) is 2.19. The molecule has 0 aliphatic carbocycles. The zero-order chi connectivity index (χ0) is 10.8. The van der Waals surface area contributed by atoms with Gasteiger partial charge in [0.25, 0.3) is 0 Å². The number of ether oxygens (including phenoxy) is 2. The van der Waals surface area contributed by atoms with Gasteiger partial charge >= 0.3 is 0 Å². The van der Waals surface area contributed by atoms with E-state index in [1.165, 1.54) is 7.11 Å². The Kier molecular flexibility index (Phi) is 2.29. The van der Waals surface area contributed by atoms with Gasteiger partial charge in [-0.2, -0.15) is 5.10 Å². The Balaban J connectivity index is 2.77. The van der Waals surface area contributed by atoms with Crippen molar-refractivity contribution in [2.45, 2.75) is 0 Å². The van der Waals surface area contributed by atoms with Gasteiger partial charge in [-0.15, -0.1) is 0 Å². The third-order valence-electron chi connectivity index (χ3n) is 2.19. The Morgan fingerprint density at radius 1 is 1.33 bits per heavy atom. The van der Waals surface area contributed by atoms with Crippen LogP contribution in [-0.4, -0.2) is 30.7 Å². The molecule has 0 spiro atoms. The van der Waals surface area contributed by atoms with Crippen LogP contribution in [0.1, 0.15) is 10.5 Å². The molecule has 0 bridgehead atoms. The van der Waals surface area contributed by atoms with Crippen LogP contribution >= 0.6 is 0 Å². The summed E-state index contributed by atoms with van der Waals surface area (Å²) in [6, 6.07) is 3.45. The number of aldehydes is 1. The second-order valence-corrected chi connectivity index (χ2v) is 2.98. The molecule has 0 aliphatic rings. The molecule has 2 aromatic rings. The Labute approximate surface area is 86.0 Å². The van der Waals surface area contributed by atoms with Crippen molar-refractivity contribution in [1.82, 2.24) is 10.2 Å². The van der Waals surface area contributed by atoms with Crippen molar-refractivity contribution in [2.24, 2.45) is 0 Å². The average Bonchev–Trinajstić information content (AvgIpc) is 2.70. The fourth-order valence-electron chi connectivity index (χ4n) is 1.48. The summed E-state index contributed by atoms with van der Waals surface area (Å²) in [5, 5.41) is 7.30. The molecule has 5 heteroatoms. The van der Waals surface area contributed by atoms with Crippen LogP contribution in [0, 0.1) is 0 Å². The van der Waals surface area contributed by atoms with Crippen LogP contribution in [0.25, 0.3) is 10.9 Å². The highest BCUT2D eigenvalue weighted by Gasteiger charge is 2.12. The number of hydrogen-bond acceptors (Lipinski definition) is 4. The Hall–Kier alpha value is -2.04. The Morgan fingerprint density at radius 2 is 2.13 bits per heavy atom. The van der Waals surface area contributed by atoms with Gasteiger partial charge in [-0.3, -0.25) is 9.89 Å². The van der Waals surface area contributed by atoms with Crippen molar-refractivity contribution in [1.29, 1.82) is 0 Å². The van der Waals surface area contributed by atoms with Crippen molar-refractivity contribution in [3.05, 3.63) is 17.8 Å². The van der Waals surface area contributed by atoms with Gasteiger partial charge in [0.05, 0.1) is 19.6 Å². The van der Waals surface area contributed by atoms with Gasteiger partial charge < -0.3 is 9.47 Å². The van der Waals surface area contributed by atoms with Crippen LogP contribution in [0.15, 0.2) is 12.1 Å². The van der Waals surface area contributed by atoms with E-state index in [1.54, 1.807) is 19.2 Å². The molecule has 1 aromatic carbocycles. The summed E-state index contributed by atoms with van der Waals surface area (Å²) in [5.74, 6) is 1.21. The molecule has 1 N–H and O–H groups in total. The molecule has 78 valence electrons. The number of aromatic nitrogens is 2. The fraction of sp³-hybridized carbons (Fsp3) is 0.200. The number of aromatic amines is 1. The number of carbonyl (C=O) groups excluding carboxylic acids is 1. The van der Waals surface area contributed by atoms with Crippen molar-refractivity contribution >= 4 is 17.2 Å². The van der Waals surface area contributed by atoms with Crippen LogP contribution < -0.4 is 9.47 Å². The molecule has 0 saturated carbocycles. The highest BCUT2D eigenvalue weighted by molar-refractivity contribution is 5.99. The van der Waals surface area contributed by atoms with Crippen LogP contribution in [0.2, 0.25) is 0 Å². The molecular formula is C10H10N2O3. The maximum absolute atomic E-state index is 10.7. The van der Waals surface area contributed by atoms with E-state index in [1.807, 2.05) is 0 Å². The van der Waals surface area contributed by atoms with Gasteiger partial charge in [-0.05, 0) is 0 Å². The van der Waals surface area contributed by atoms with Crippen molar-refractivity contribution in [3.63, 3.8) is 0 Å². The normalized spacial score (nSPS) is 10.3. The number of rotatable bonds is 3. The fourth-order valence-corrected chi connectivity index (χ4v) is 1.48. The molecule has 5 nitrogen and oxygen atoms in total. The average molecular weight is 206 g/mol. The summed E-state index contributed by atoms with van der Waals surface area (Å²) in [7, 11) is 3.10. The van der Waals surface area contributed by atoms with Crippen LogP contribution in [-0.2, 0) is 0 Å². The zero-order valence-corrected chi connectivity index (χ0v) is 8.40. The van der Waals surface area contributed by atoms with Gasteiger partial charge in [-0.25, -0.2) is 0 Å². The first kappa shape index (κ1) is 9.51. The number of nitrogens with zero attached hydrogens (tertiary/aromatic N) is 1. The van der Waals surface area contributed by atoms with E-state index in [9.17, 15) is 4.79 Å². The molecule has 0 amide bonds. The highest BCUT2D eigenvalue weighted by atomic mass is 16.5. The topological polar surface area (TPSA) is 64.2 Å². The number of carbonyl (C=O) groups is 1. The molecule has 1 heterocycles. The maximum Gasteiger partial charge on any atom is 0.168 e. The quantitative estimate of drug-likeness (QED) is 0.771. The van der Waals surface area contributed by atoms with Crippen LogP contribution in [0.4, 0.5) is 0 Å². The molecule has 0 radical (unpaired) electrons. The molecule has 2 rings (SSSR count). The van der Waals surface area contributed by atoms with E-state index in [-0.39, 0.29) is 0 Å². The Bertz CT molecular complexity index is 505. The number of methoxy groups -OCH3 is 2. The lowest BCUT2D eigenvalue weighted by Gasteiger charge is -2.04. The van der Waals surface area contributed by atoms with E-state index in [4.69, 9.17) is 9.47 Å². The second-order valence-electron chi connectivity index (χ2n) is 2.98. The number of fused-ring (bicyclic) bond motifs is 1. The van der Waals surface area contributed by atoms with Gasteiger partial charge in [0, 0.05) is 12.1 Å². The maximum atomic E-state index is 10.7.